The molecule has 14 aromatic rings. The van der Waals surface area contributed by atoms with Crippen molar-refractivity contribution in [3.63, 3.8) is 0 Å². The summed E-state index contributed by atoms with van der Waals surface area (Å²) in [6.45, 7) is 0. The number of nitrogens with zero attached hydrogens (tertiary/aromatic N) is 4. The van der Waals surface area contributed by atoms with Crippen LogP contribution in [0.15, 0.2) is 170 Å². The molecule has 0 unspecified atom stereocenters. The highest BCUT2D eigenvalue weighted by atomic mass is 15.0. The van der Waals surface area contributed by atoms with E-state index in [1.54, 1.807) is 0 Å². The Morgan fingerprint density at radius 1 is 0.364 bits per heavy atom. The molecule has 6 heterocycles. The summed E-state index contributed by atoms with van der Waals surface area (Å²) in [5.74, 6) is 0. The number of rotatable bonds is 2. The van der Waals surface area contributed by atoms with Crippen molar-refractivity contribution in [3.05, 3.63) is 170 Å². The smallest absolute Gasteiger partial charge is 0.146 e. The van der Waals surface area contributed by atoms with Crippen LogP contribution < -0.4 is 0 Å². The largest absolute Gasteiger partial charge is 0.309 e. The second kappa shape index (κ2) is 9.75. The van der Waals surface area contributed by atoms with Crippen LogP contribution in [-0.2, 0) is 0 Å². The van der Waals surface area contributed by atoms with Crippen LogP contribution in [0.1, 0.15) is 0 Å². The molecule has 0 amide bonds. The van der Waals surface area contributed by atoms with E-state index < -0.39 is 0 Å². The first-order valence-corrected chi connectivity index (χ1v) is 19.0. The molecule has 0 bridgehead atoms. The van der Waals surface area contributed by atoms with E-state index in [0.717, 1.165) is 11.2 Å². The average Bonchev–Trinajstić information content (AvgIpc) is 4.03. The molecule has 6 aromatic heterocycles. The summed E-state index contributed by atoms with van der Waals surface area (Å²) in [6, 6.07) is 60.3. The normalized spacial score (nSPS) is 12.7. The van der Waals surface area contributed by atoms with E-state index in [9.17, 15) is 0 Å². The van der Waals surface area contributed by atoms with Crippen molar-refractivity contribution in [2.45, 2.75) is 0 Å². The Hall–Kier alpha value is -7.43. The molecule has 0 fully saturated rings. The molecule has 0 N–H and O–H groups in total. The fourth-order valence-corrected chi connectivity index (χ4v) is 10.4. The maximum Gasteiger partial charge on any atom is 0.146 e. The summed E-state index contributed by atoms with van der Waals surface area (Å²) in [7, 11) is 0. The van der Waals surface area contributed by atoms with E-state index in [-0.39, 0.29) is 0 Å². The molecule has 0 aliphatic carbocycles. The van der Waals surface area contributed by atoms with Gasteiger partial charge in [-0.05, 0) is 58.8 Å². The van der Waals surface area contributed by atoms with Crippen molar-refractivity contribution in [1.82, 2.24) is 18.4 Å². The van der Waals surface area contributed by atoms with E-state index in [2.05, 4.69) is 183 Å². The number of hydrogen-bond acceptors (Lipinski definition) is 1. The highest BCUT2D eigenvalue weighted by Crippen LogP contribution is 2.49. The molecular weight excluding hydrogens is 669 g/mol. The monoisotopic (exact) mass is 696 g/mol. The summed E-state index contributed by atoms with van der Waals surface area (Å²) in [4.78, 5) is 5.36. The highest BCUT2D eigenvalue weighted by molar-refractivity contribution is 6.36. The van der Waals surface area contributed by atoms with Crippen molar-refractivity contribution < 1.29 is 0 Å². The first kappa shape index (κ1) is 28.1. The average molecular weight is 697 g/mol. The van der Waals surface area contributed by atoms with Gasteiger partial charge in [0.1, 0.15) is 5.65 Å². The van der Waals surface area contributed by atoms with Crippen LogP contribution in [0.25, 0.3) is 126 Å². The van der Waals surface area contributed by atoms with E-state index in [1.807, 2.05) is 0 Å². The van der Waals surface area contributed by atoms with Crippen LogP contribution in [0.2, 0.25) is 0 Å². The summed E-state index contributed by atoms with van der Waals surface area (Å²) >= 11 is 0. The minimum Gasteiger partial charge on any atom is -0.309 e. The number of para-hydroxylation sites is 5. The number of fused-ring (bicyclic) bond motifs is 17. The van der Waals surface area contributed by atoms with Gasteiger partial charge in [-0.15, -0.1) is 0 Å². The first-order chi connectivity index (χ1) is 27.3. The summed E-state index contributed by atoms with van der Waals surface area (Å²) in [5.41, 5.74) is 13.1. The van der Waals surface area contributed by atoms with Gasteiger partial charge in [0.05, 0.1) is 44.8 Å². The van der Waals surface area contributed by atoms with Gasteiger partial charge in [0.25, 0.3) is 0 Å². The molecule has 0 aliphatic rings. The second-order valence-electron chi connectivity index (χ2n) is 15.1. The third kappa shape index (κ3) is 3.29. The third-order valence-corrected chi connectivity index (χ3v) is 12.5. The van der Waals surface area contributed by atoms with Gasteiger partial charge in [0, 0.05) is 65.1 Å². The molecule has 55 heavy (non-hydrogen) atoms. The summed E-state index contributed by atoms with van der Waals surface area (Å²) in [6.07, 6.45) is 2.13. The molecule has 8 aromatic carbocycles. The van der Waals surface area contributed by atoms with Crippen LogP contribution in [0.4, 0.5) is 0 Å². The van der Waals surface area contributed by atoms with Crippen LogP contribution >= 0.6 is 0 Å². The van der Waals surface area contributed by atoms with Gasteiger partial charge < -0.3 is 8.97 Å². The zero-order valence-electron chi connectivity index (χ0n) is 29.5. The lowest BCUT2D eigenvalue weighted by Gasteiger charge is -2.12. The maximum absolute atomic E-state index is 5.36. The third-order valence-electron chi connectivity index (χ3n) is 12.5. The van der Waals surface area contributed by atoms with Gasteiger partial charge in [-0.25, -0.2) is 4.98 Å². The van der Waals surface area contributed by atoms with Crippen LogP contribution in [-0.4, -0.2) is 18.4 Å². The quantitative estimate of drug-likeness (QED) is 0.177. The molecule has 0 aliphatic heterocycles. The first-order valence-electron chi connectivity index (χ1n) is 19.0. The molecule has 14 rings (SSSR count). The van der Waals surface area contributed by atoms with Crippen LogP contribution in [0, 0.1) is 0 Å². The highest BCUT2D eigenvalue weighted by Gasteiger charge is 2.26. The molecule has 4 heteroatoms. The van der Waals surface area contributed by atoms with E-state index in [1.165, 1.54) is 115 Å². The van der Waals surface area contributed by atoms with Gasteiger partial charge in [-0.2, -0.15) is 0 Å². The lowest BCUT2D eigenvalue weighted by molar-refractivity contribution is 1.18. The summed E-state index contributed by atoms with van der Waals surface area (Å²) < 4.78 is 7.32. The SMILES string of the molecule is c1ccc(-n2c3ccccc3c3cc(-c4c5ccccc5cc5c6cccc7c8c9c%10cccc%11c%12ccccc%12n(c9ncc8n(c45)c67)c%11%10)ccc32)cc1. The topological polar surface area (TPSA) is 26.6 Å². The van der Waals surface area contributed by atoms with Gasteiger partial charge in [-0.1, -0.05) is 121 Å². The predicted octanol–water partition coefficient (Wildman–Crippen LogP) is 13.3. The van der Waals surface area contributed by atoms with Gasteiger partial charge in [0.15, 0.2) is 0 Å². The Bertz CT molecular complexity index is 3940. The molecular formula is C51H28N4. The van der Waals surface area contributed by atoms with Gasteiger partial charge >= 0.3 is 0 Å². The molecule has 0 atom stereocenters. The lowest BCUT2D eigenvalue weighted by Crippen LogP contribution is -1.93. The minimum absolute atomic E-state index is 1.02. The fraction of sp³-hybridized carbons (Fsp3) is 0. The van der Waals surface area contributed by atoms with E-state index in [4.69, 9.17) is 4.98 Å². The minimum atomic E-state index is 1.02. The molecule has 252 valence electrons. The number of pyridine rings is 1. The van der Waals surface area contributed by atoms with Crippen molar-refractivity contribution in [2.75, 3.05) is 0 Å². The lowest BCUT2D eigenvalue weighted by atomic mass is 9.93. The Morgan fingerprint density at radius 3 is 1.82 bits per heavy atom. The van der Waals surface area contributed by atoms with E-state index in [0.29, 0.717) is 0 Å². The molecule has 0 spiro atoms. The second-order valence-corrected chi connectivity index (χ2v) is 15.1. The molecule has 0 saturated carbocycles. The summed E-state index contributed by atoms with van der Waals surface area (Å²) in [5, 5.41) is 15.1. The van der Waals surface area contributed by atoms with Crippen molar-refractivity contribution in [2.24, 2.45) is 0 Å². The van der Waals surface area contributed by atoms with Crippen molar-refractivity contribution in [1.29, 1.82) is 0 Å². The Labute approximate surface area is 313 Å². The van der Waals surface area contributed by atoms with E-state index >= 15 is 0 Å². The zero-order chi connectivity index (χ0) is 35.5. The van der Waals surface area contributed by atoms with Crippen LogP contribution in [0.5, 0.6) is 0 Å². The predicted molar refractivity (Wildman–Crippen MR) is 231 cm³/mol. The molecule has 0 radical (unpaired) electrons. The Morgan fingerprint density at radius 2 is 0.982 bits per heavy atom. The zero-order valence-corrected chi connectivity index (χ0v) is 29.5. The van der Waals surface area contributed by atoms with Gasteiger partial charge in [-0.3, -0.25) is 4.40 Å². The standard InChI is InChI=1S/C51H28N4/c1-2-13-31(14-3-1)53-41-22-8-7-17-34(41)39-27-30(24-25-43(39)53)45-32-15-5-4-12-29(32)26-40-36-19-11-20-37-46-44(54(48(36)37)50(40)45)28-52-51-47(46)38-21-10-18-35-33-16-6-9-23-42(33)55(51)49(35)38/h1-28H. The van der Waals surface area contributed by atoms with Gasteiger partial charge in [0.2, 0.25) is 0 Å². The molecule has 0 saturated heterocycles. The number of aromatic nitrogens is 4. The number of benzene rings is 8. The van der Waals surface area contributed by atoms with Crippen molar-refractivity contribution >= 4 is 109 Å². The fourth-order valence-electron chi connectivity index (χ4n) is 10.4. The maximum atomic E-state index is 5.36. The number of hydrogen-bond donors (Lipinski definition) is 0. The Kier molecular flexibility index (Phi) is 4.99. The molecule has 4 nitrogen and oxygen atoms in total. The van der Waals surface area contributed by atoms with Crippen molar-refractivity contribution in [3.8, 4) is 16.8 Å². The van der Waals surface area contributed by atoms with Crippen LogP contribution in [0.3, 0.4) is 0 Å². The Balaban J connectivity index is 1.17.